The molecule has 1 aliphatic rings. The van der Waals surface area contributed by atoms with E-state index in [1.54, 1.807) is 6.08 Å². The molecule has 1 fully saturated rings. The van der Waals surface area contributed by atoms with Crippen molar-refractivity contribution in [3.63, 3.8) is 0 Å². The highest BCUT2D eigenvalue weighted by atomic mass is 16.5. The van der Waals surface area contributed by atoms with Crippen LogP contribution in [0.15, 0.2) is 36.9 Å². The fourth-order valence-corrected chi connectivity index (χ4v) is 2.77. The number of nitrogens with one attached hydrogen (secondary N) is 1. The molecule has 20 heavy (non-hydrogen) atoms. The van der Waals surface area contributed by atoms with Crippen molar-refractivity contribution in [1.82, 2.24) is 10.4 Å². The maximum absolute atomic E-state index is 5.49. The first-order valence-electron chi connectivity index (χ1n) is 7.55. The number of benzene rings is 1. The zero-order valence-electron chi connectivity index (χ0n) is 12.6. The minimum Gasteiger partial charge on any atom is -0.490 e. The Morgan fingerprint density at radius 3 is 2.50 bits per heavy atom. The van der Waals surface area contributed by atoms with Crippen LogP contribution in [-0.4, -0.2) is 23.7 Å². The van der Waals surface area contributed by atoms with Gasteiger partial charge in [-0.05, 0) is 44.4 Å². The van der Waals surface area contributed by atoms with E-state index < -0.39 is 0 Å². The zero-order chi connectivity index (χ0) is 14.4. The molecule has 2 unspecified atom stereocenters. The molecule has 1 heterocycles. The van der Waals surface area contributed by atoms with Gasteiger partial charge in [-0.3, -0.25) is 5.43 Å². The zero-order valence-corrected chi connectivity index (χ0v) is 12.6. The van der Waals surface area contributed by atoms with Crippen LogP contribution >= 0.6 is 0 Å². The summed E-state index contributed by atoms with van der Waals surface area (Å²) in [6.07, 6.45) is 5.67. The van der Waals surface area contributed by atoms with Crippen LogP contribution in [0.4, 0.5) is 0 Å². The van der Waals surface area contributed by atoms with Crippen molar-refractivity contribution in [3.8, 4) is 5.75 Å². The summed E-state index contributed by atoms with van der Waals surface area (Å²) in [6, 6.07) is 9.51. The molecule has 110 valence electrons. The van der Waals surface area contributed by atoms with Gasteiger partial charge in [-0.2, -0.15) is 0 Å². The maximum Gasteiger partial charge on any atom is 0.119 e. The predicted molar refractivity (Wildman–Crippen MR) is 83.6 cm³/mol. The van der Waals surface area contributed by atoms with Crippen molar-refractivity contribution in [2.45, 2.75) is 51.7 Å². The molecule has 0 amide bonds. The molecule has 2 atom stereocenters. The Morgan fingerprint density at radius 2 is 1.90 bits per heavy atom. The summed E-state index contributed by atoms with van der Waals surface area (Å²) in [7, 11) is 0. The molecule has 3 heteroatoms. The van der Waals surface area contributed by atoms with E-state index >= 15 is 0 Å². The van der Waals surface area contributed by atoms with Gasteiger partial charge in [0.05, 0.1) is 0 Å². The average molecular weight is 274 g/mol. The molecular formula is C17H26N2O. The van der Waals surface area contributed by atoms with Crippen molar-refractivity contribution < 1.29 is 4.74 Å². The molecule has 0 aromatic heterocycles. The molecule has 1 N–H and O–H groups in total. The largest absolute Gasteiger partial charge is 0.490 e. The standard InChI is InChI=1S/C17H26N2O/c1-4-12-20-17-10-8-16(9-11-17)13-18-19-14(2)6-5-7-15(19)3/h4,8-11,14-15,18H,1,5-7,12-13H2,2-3H3. The van der Waals surface area contributed by atoms with Gasteiger partial charge >= 0.3 is 0 Å². The molecule has 1 aromatic rings. The second-order valence-corrected chi connectivity index (χ2v) is 5.61. The molecule has 0 spiro atoms. The molecule has 0 saturated carbocycles. The first-order valence-corrected chi connectivity index (χ1v) is 7.55. The van der Waals surface area contributed by atoms with Crippen LogP contribution in [0.5, 0.6) is 5.75 Å². The summed E-state index contributed by atoms with van der Waals surface area (Å²) >= 11 is 0. The van der Waals surface area contributed by atoms with Crippen molar-refractivity contribution in [2.75, 3.05) is 6.61 Å². The third-order valence-electron chi connectivity index (χ3n) is 3.95. The monoisotopic (exact) mass is 274 g/mol. The summed E-state index contributed by atoms with van der Waals surface area (Å²) in [5.41, 5.74) is 4.86. The number of nitrogens with zero attached hydrogens (tertiary/aromatic N) is 1. The van der Waals surface area contributed by atoms with Gasteiger partial charge in [0.2, 0.25) is 0 Å². The van der Waals surface area contributed by atoms with Crippen molar-refractivity contribution in [1.29, 1.82) is 0 Å². The molecule has 2 rings (SSSR count). The lowest BCUT2D eigenvalue weighted by atomic mass is 10.00. The Labute approximate surface area is 122 Å². The fourth-order valence-electron chi connectivity index (χ4n) is 2.77. The highest BCUT2D eigenvalue weighted by molar-refractivity contribution is 5.27. The Morgan fingerprint density at radius 1 is 1.25 bits per heavy atom. The summed E-state index contributed by atoms with van der Waals surface area (Å²) in [4.78, 5) is 0. The Kier molecular flexibility index (Phi) is 5.62. The van der Waals surface area contributed by atoms with E-state index in [1.807, 2.05) is 12.1 Å². The molecule has 0 bridgehead atoms. The highest BCUT2D eigenvalue weighted by Gasteiger charge is 2.23. The van der Waals surface area contributed by atoms with E-state index in [4.69, 9.17) is 4.74 Å². The summed E-state index contributed by atoms with van der Waals surface area (Å²) < 4.78 is 5.49. The maximum atomic E-state index is 5.49. The third kappa shape index (κ3) is 4.09. The minimum atomic E-state index is 0.556. The number of hydrazine groups is 1. The fraction of sp³-hybridized carbons (Fsp3) is 0.529. The lowest BCUT2D eigenvalue weighted by molar-refractivity contribution is 0.0435. The van der Waals surface area contributed by atoms with Crippen LogP contribution < -0.4 is 10.2 Å². The van der Waals surface area contributed by atoms with E-state index in [-0.39, 0.29) is 0 Å². The van der Waals surface area contributed by atoms with Crippen LogP contribution in [0.1, 0.15) is 38.7 Å². The summed E-state index contributed by atoms with van der Waals surface area (Å²) in [5, 5.41) is 2.41. The Balaban J connectivity index is 1.85. The van der Waals surface area contributed by atoms with Crippen molar-refractivity contribution in [3.05, 3.63) is 42.5 Å². The van der Waals surface area contributed by atoms with E-state index in [1.165, 1.54) is 24.8 Å². The Hall–Kier alpha value is -1.32. The first kappa shape index (κ1) is 15.1. The quantitative estimate of drug-likeness (QED) is 0.803. The van der Waals surface area contributed by atoms with E-state index in [0.717, 1.165) is 12.3 Å². The molecule has 3 nitrogen and oxygen atoms in total. The van der Waals surface area contributed by atoms with Crippen LogP contribution in [-0.2, 0) is 6.54 Å². The molecule has 1 saturated heterocycles. The van der Waals surface area contributed by atoms with Gasteiger partial charge in [0, 0.05) is 18.6 Å². The van der Waals surface area contributed by atoms with Crippen molar-refractivity contribution >= 4 is 0 Å². The van der Waals surface area contributed by atoms with Crippen LogP contribution in [0.3, 0.4) is 0 Å². The van der Waals surface area contributed by atoms with Crippen molar-refractivity contribution in [2.24, 2.45) is 0 Å². The van der Waals surface area contributed by atoms with Gasteiger partial charge in [-0.25, -0.2) is 5.01 Å². The summed E-state index contributed by atoms with van der Waals surface area (Å²) in [6.45, 7) is 9.68. The Bertz CT molecular complexity index is 406. The van der Waals surface area contributed by atoms with Gasteiger partial charge in [0.1, 0.15) is 12.4 Å². The number of hydrogen-bond acceptors (Lipinski definition) is 3. The average Bonchev–Trinajstić information content (AvgIpc) is 2.46. The molecule has 1 aromatic carbocycles. The van der Waals surface area contributed by atoms with E-state index in [2.05, 4.69) is 43.0 Å². The van der Waals surface area contributed by atoms with Crippen LogP contribution in [0, 0.1) is 0 Å². The smallest absolute Gasteiger partial charge is 0.119 e. The number of piperidine rings is 1. The van der Waals surface area contributed by atoms with Gasteiger partial charge in [-0.1, -0.05) is 31.2 Å². The molecule has 1 aliphatic heterocycles. The summed E-state index contributed by atoms with van der Waals surface area (Å²) in [5.74, 6) is 0.897. The first-order chi connectivity index (χ1) is 9.70. The van der Waals surface area contributed by atoms with Gasteiger partial charge in [-0.15, -0.1) is 0 Å². The topological polar surface area (TPSA) is 24.5 Å². The second kappa shape index (κ2) is 7.46. The van der Waals surface area contributed by atoms with Gasteiger partial charge < -0.3 is 4.74 Å². The number of ether oxygens (including phenoxy) is 1. The SMILES string of the molecule is C=CCOc1ccc(CNN2C(C)CCCC2C)cc1. The van der Waals surface area contributed by atoms with Gasteiger partial charge in [0.25, 0.3) is 0 Å². The predicted octanol–water partition coefficient (Wildman–Crippen LogP) is 3.52. The van der Waals surface area contributed by atoms with Gasteiger partial charge in [0.15, 0.2) is 0 Å². The molecular weight excluding hydrogens is 248 g/mol. The molecule has 0 aliphatic carbocycles. The van der Waals surface area contributed by atoms with E-state index in [9.17, 15) is 0 Å². The van der Waals surface area contributed by atoms with Crippen LogP contribution in [0.2, 0.25) is 0 Å². The highest BCUT2D eigenvalue weighted by Crippen LogP contribution is 2.20. The number of rotatable bonds is 6. The van der Waals surface area contributed by atoms with E-state index in [0.29, 0.717) is 18.7 Å². The second-order valence-electron chi connectivity index (χ2n) is 5.61. The lowest BCUT2D eigenvalue weighted by Gasteiger charge is -2.39. The van der Waals surface area contributed by atoms with Crippen LogP contribution in [0.25, 0.3) is 0 Å². The third-order valence-corrected chi connectivity index (χ3v) is 3.95. The normalized spacial score (nSPS) is 23.5. The lowest BCUT2D eigenvalue weighted by Crippen LogP contribution is -2.51. The minimum absolute atomic E-state index is 0.556. The number of hydrogen-bond donors (Lipinski definition) is 1. The molecule has 0 radical (unpaired) electrons.